The topological polar surface area (TPSA) is 129 Å². The Morgan fingerprint density at radius 1 is 1.28 bits per heavy atom. The van der Waals surface area contributed by atoms with Crippen LogP contribution in [0.15, 0.2) is 48.7 Å². The molecule has 36 heavy (non-hydrogen) atoms. The van der Waals surface area contributed by atoms with E-state index in [4.69, 9.17) is 27.8 Å². The molecule has 12 heteroatoms. The monoisotopic (exact) mass is 516 g/mol. The van der Waals surface area contributed by atoms with E-state index in [-0.39, 0.29) is 39.9 Å². The first-order valence-corrected chi connectivity index (χ1v) is 11.4. The minimum absolute atomic E-state index is 0.0508. The number of pyridine rings is 1. The minimum atomic E-state index is -0.754. The highest BCUT2D eigenvalue weighted by Gasteiger charge is 2.29. The van der Waals surface area contributed by atoms with Crippen LogP contribution >= 0.6 is 11.6 Å². The van der Waals surface area contributed by atoms with Crippen LogP contribution in [0.1, 0.15) is 29.2 Å². The van der Waals surface area contributed by atoms with E-state index in [2.05, 4.69) is 10.1 Å². The number of nitrogens with zero attached hydrogens (tertiary/aromatic N) is 4. The van der Waals surface area contributed by atoms with Crippen molar-refractivity contribution in [1.29, 1.82) is 0 Å². The zero-order valence-corrected chi connectivity index (χ0v) is 19.8. The number of piperidine rings is 1. The largest absolute Gasteiger partial charge is 0.436 e. The molecule has 1 aliphatic rings. The minimum Gasteiger partial charge on any atom is -0.436 e. The van der Waals surface area contributed by atoms with Crippen molar-refractivity contribution >= 4 is 29.2 Å². The van der Waals surface area contributed by atoms with Crippen LogP contribution in [0.4, 0.5) is 14.6 Å². The highest BCUT2D eigenvalue weighted by Crippen LogP contribution is 2.33. The van der Waals surface area contributed by atoms with Crippen molar-refractivity contribution in [1.82, 2.24) is 19.7 Å². The van der Waals surface area contributed by atoms with Crippen LogP contribution in [0, 0.1) is 5.82 Å². The fraction of sp³-hybridized carbons (Fsp3) is 0.250. The van der Waals surface area contributed by atoms with Gasteiger partial charge in [0.2, 0.25) is 5.91 Å². The summed E-state index contributed by atoms with van der Waals surface area (Å²) in [7, 11) is 0. The number of anilines is 1. The maximum absolute atomic E-state index is 14.0. The molecule has 9 nitrogen and oxygen atoms in total. The van der Waals surface area contributed by atoms with Gasteiger partial charge in [-0.15, -0.1) is 0 Å². The number of allylic oxidation sites excluding steroid dienone is 1. The number of amides is 2. The van der Waals surface area contributed by atoms with Crippen molar-refractivity contribution in [3.8, 4) is 22.9 Å². The Morgan fingerprint density at radius 2 is 2.03 bits per heavy atom. The van der Waals surface area contributed by atoms with E-state index in [1.165, 1.54) is 17.0 Å². The number of ether oxygens (including phenoxy) is 1. The lowest BCUT2D eigenvalue weighted by Gasteiger charge is -2.32. The van der Waals surface area contributed by atoms with Gasteiger partial charge in [0, 0.05) is 30.9 Å². The molecule has 0 bridgehead atoms. The summed E-state index contributed by atoms with van der Waals surface area (Å²) in [4.78, 5) is 30.0. The number of carbonyl (C=O) groups excluding carboxylic acids is 2. The summed E-state index contributed by atoms with van der Waals surface area (Å²) in [6, 6.07) is 7.16. The standard InChI is InChI=1S/C24H23ClF2N6O3/c25-15-11-18(27)24(30-12-15)36-17-7-5-14(6-8-17)21-20(23(29)35)22(28)33(31-21)16-3-2-10-32(13-16)19(34)4-1-9-26/h1,4-8,11-12,16H,2-3,9-10,13,28H2,(H2,29,35)/t16-/m1/s1. The number of hydrogen-bond donors (Lipinski definition) is 2. The van der Waals surface area contributed by atoms with Crippen LogP contribution in [0.5, 0.6) is 11.6 Å². The van der Waals surface area contributed by atoms with Crippen LogP contribution in [0.3, 0.4) is 0 Å². The summed E-state index contributed by atoms with van der Waals surface area (Å²) in [5.41, 5.74) is 12.7. The van der Waals surface area contributed by atoms with Crippen molar-refractivity contribution in [3.63, 3.8) is 0 Å². The summed E-state index contributed by atoms with van der Waals surface area (Å²) in [6.45, 7) is 0.0913. The van der Waals surface area contributed by atoms with Gasteiger partial charge in [-0.1, -0.05) is 11.6 Å². The Balaban J connectivity index is 1.60. The van der Waals surface area contributed by atoms with Gasteiger partial charge in [-0.2, -0.15) is 5.10 Å². The molecule has 3 heterocycles. The van der Waals surface area contributed by atoms with Gasteiger partial charge >= 0.3 is 0 Å². The lowest BCUT2D eigenvalue weighted by molar-refractivity contribution is -0.127. The lowest BCUT2D eigenvalue weighted by Crippen LogP contribution is -2.40. The van der Waals surface area contributed by atoms with Crippen LogP contribution < -0.4 is 16.2 Å². The maximum Gasteiger partial charge on any atom is 0.255 e. The Hall–Kier alpha value is -3.99. The molecule has 2 amide bonds. The van der Waals surface area contributed by atoms with Crippen molar-refractivity contribution in [2.45, 2.75) is 18.9 Å². The average molecular weight is 517 g/mol. The first kappa shape index (κ1) is 25.1. The van der Waals surface area contributed by atoms with E-state index in [9.17, 15) is 18.4 Å². The van der Waals surface area contributed by atoms with Crippen LogP contribution in [0.25, 0.3) is 11.3 Å². The van der Waals surface area contributed by atoms with Crippen molar-refractivity contribution in [2.75, 3.05) is 25.5 Å². The molecule has 0 radical (unpaired) electrons. The van der Waals surface area contributed by atoms with Gasteiger partial charge in [0.05, 0.1) is 11.1 Å². The molecular weight excluding hydrogens is 494 g/mol. The molecule has 1 fully saturated rings. The third-order valence-corrected chi connectivity index (χ3v) is 5.92. The fourth-order valence-electron chi connectivity index (χ4n) is 4.05. The van der Waals surface area contributed by atoms with Gasteiger partial charge < -0.3 is 21.1 Å². The normalized spacial score (nSPS) is 15.9. The zero-order valence-electron chi connectivity index (χ0n) is 19.0. The number of likely N-dealkylation sites (tertiary alicyclic amines) is 1. The Bertz CT molecular complexity index is 1310. The summed E-state index contributed by atoms with van der Waals surface area (Å²) in [6.07, 6.45) is 4.97. The van der Waals surface area contributed by atoms with E-state index < -0.39 is 18.4 Å². The number of carbonyl (C=O) groups is 2. The van der Waals surface area contributed by atoms with E-state index in [0.717, 1.165) is 12.1 Å². The third kappa shape index (κ3) is 5.30. The molecule has 0 saturated carbocycles. The van der Waals surface area contributed by atoms with Gasteiger partial charge in [-0.25, -0.2) is 18.4 Å². The molecule has 1 aromatic carbocycles. The number of alkyl halides is 1. The molecule has 2 aromatic heterocycles. The Labute approximate surface area is 210 Å². The Morgan fingerprint density at radius 3 is 2.69 bits per heavy atom. The summed E-state index contributed by atoms with van der Waals surface area (Å²) < 4.78 is 33.4. The van der Waals surface area contributed by atoms with Gasteiger partial charge in [0.1, 0.15) is 29.5 Å². The number of aromatic nitrogens is 3. The number of hydrogen-bond acceptors (Lipinski definition) is 6. The number of rotatable bonds is 7. The summed E-state index contributed by atoms with van der Waals surface area (Å²) >= 11 is 5.71. The van der Waals surface area contributed by atoms with Gasteiger partial charge in [-0.3, -0.25) is 9.59 Å². The molecule has 1 atom stereocenters. The number of halogens is 3. The van der Waals surface area contributed by atoms with Gasteiger partial charge in [-0.05, 0) is 49.2 Å². The zero-order chi connectivity index (χ0) is 25.8. The number of primary amides is 1. The fourth-order valence-corrected chi connectivity index (χ4v) is 4.19. The van der Waals surface area contributed by atoms with Crippen LogP contribution in [-0.2, 0) is 4.79 Å². The first-order valence-electron chi connectivity index (χ1n) is 11.1. The second kappa shape index (κ2) is 10.7. The predicted molar refractivity (Wildman–Crippen MR) is 130 cm³/mol. The summed E-state index contributed by atoms with van der Waals surface area (Å²) in [5, 5.41) is 4.71. The maximum atomic E-state index is 14.0. The number of nitrogen functional groups attached to an aromatic ring is 1. The second-order valence-corrected chi connectivity index (χ2v) is 8.56. The molecular formula is C24H23ClF2N6O3. The van der Waals surface area contributed by atoms with E-state index >= 15 is 0 Å². The van der Waals surface area contributed by atoms with Crippen molar-refractivity contribution in [3.05, 3.63) is 65.1 Å². The number of benzene rings is 1. The number of nitrogens with two attached hydrogens (primary N) is 2. The first-order chi connectivity index (χ1) is 17.3. The highest BCUT2D eigenvalue weighted by atomic mass is 35.5. The SMILES string of the molecule is NC(=O)c1c(-c2ccc(Oc3ncc(Cl)cc3F)cc2)nn([C@@H]2CCCN(C(=O)C=CCF)C2)c1N. The second-order valence-electron chi connectivity index (χ2n) is 8.12. The quantitative estimate of drug-likeness (QED) is 0.458. The molecule has 4 rings (SSSR count). The Kier molecular flexibility index (Phi) is 7.49. The van der Waals surface area contributed by atoms with E-state index in [1.54, 1.807) is 29.2 Å². The molecule has 0 aliphatic carbocycles. The molecule has 188 valence electrons. The molecule has 3 aromatic rings. The van der Waals surface area contributed by atoms with Gasteiger partial charge in [0.15, 0.2) is 5.82 Å². The lowest BCUT2D eigenvalue weighted by atomic mass is 10.1. The van der Waals surface area contributed by atoms with Crippen molar-refractivity contribution in [2.24, 2.45) is 5.73 Å². The van der Waals surface area contributed by atoms with E-state index in [0.29, 0.717) is 37.2 Å². The molecule has 1 saturated heterocycles. The van der Waals surface area contributed by atoms with Crippen LogP contribution in [-0.4, -0.2) is 51.2 Å². The third-order valence-electron chi connectivity index (χ3n) is 5.71. The van der Waals surface area contributed by atoms with Crippen molar-refractivity contribution < 1.29 is 23.1 Å². The van der Waals surface area contributed by atoms with E-state index in [1.807, 2.05) is 0 Å². The smallest absolute Gasteiger partial charge is 0.255 e. The molecule has 4 N–H and O–H groups in total. The molecule has 0 spiro atoms. The van der Waals surface area contributed by atoms with Crippen LogP contribution in [0.2, 0.25) is 5.02 Å². The molecule has 1 aliphatic heterocycles. The summed E-state index contributed by atoms with van der Waals surface area (Å²) in [5.74, 6) is -1.63. The highest BCUT2D eigenvalue weighted by molar-refractivity contribution is 6.30. The molecule has 0 unspecified atom stereocenters. The predicted octanol–water partition coefficient (Wildman–Crippen LogP) is 3.90. The average Bonchev–Trinajstić information content (AvgIpc) is 3.22. The van der Waals surface area contributed by atoms with Gasteiger partial charge in [0.25, 0.3) is 11.8 Å².